The number of rotatable bonds is 5. The molecule has 0 saturated carbocycles. The number of hydrogen-bond acceptors (Lipinski definition) is 3. The van der Waals surface area contributed by atoms with Gasteiger partial charge in [-0.05, 0) is 31.4 Å². The average Bonchev–Trinajstić information content (AvgIpc) is 2.81. The average molecular weight is 272 g/mol. The predicted octanol–water partition coefficient (Wildman–Crippen LogP) is 2.35. The summed E-state index contributed by atoms with van der Waals surface area (Å²) in [5, 5.41) is 7.17. The molecule has 2 rings (SSSR count). The molecule has 0 unspecified atom stereocenters. The monoisotopic (exact) mass is 272 g/mol. The molecule has 2 aromatic heterocycles. The molecule has 0 saturated heterocycles. The highest BCUT2D eigenvalue weighted by molar-refractivity contribution is 5.95. The van der Waals surface area contributed by atoms with E-state index in [1.54, 1.807) is 17.1 Å². The van der Waals surface area contributed by atoms with Crippen LogP contribution in [-0.2, 0) is 0 Å². The first kappa shape index (κ1) is 14.2. The van der Waals surface area contributed by atoms with Crippen LogP contribution in [0.2, 0.25) is 0 Å². The minimum absolute atomic E-state index is 0.0784. The number of pyridine rings is 1. The van der Waals surface area contributed by atoms with Crippen LogP contribution >= 0.6 is 0 Å². The van der Waals surface area contributed by atoms with Gasteiger partial charge < -0.3 is 5.32 Å². The van der Waals surface area contributed by atoms with Crippen LogP contribution in [0.5, 0.6) is 0 Å². The summed E-state index contributed by atoms with van der Waals surface area (Å²) in [6.07, 6.45) is 4.27. The Morgan fingerprint density at radius 2 is 2.20 bits per heavy atom. The molecule has 5 nitrogen and oxygen atoms in total. The fourth-order valence-electron chi connectivity index (χ4n) is 1.91. The Morgan fingerprint density at radius 3 is 2.85 bits per heavy atom. The van der Waals surface area contributed by atoms with Gasteiger partial charge >= 0.3 is 0 Å². The van der Waals surface area contributed by atoms with Crippen molar-refractivity contribution in [3.05, 3.63) is 41.9 Å². The van der Waals surface area contributed by atoms with Gasteiger partial charge in [-0.2, -0.15) is 5.10 Å². The Morgan fingerprint density at radius 1 is 1.40 bits per heavy atom. The maximum atomic E-state index is 12.1. The lowest BCUT2D eigenvalue weighted by molar-refractivity contribution is 0.0951. The Labute approximate surface area is 119 Å². The second kappa shape index (κ2) is 6.32. The molecule has 0 aliphatic rings. The van der Waals surface area contributed by atoms with E-state index < -0.39 is 0 Å². The van der Waals surface area contributed by atoms with Crippen molar-refractivity contribution in [3.8, 4) is 5.82 Å². The SMILES string of the molecule is Cc1c(C(=O)NCCC(C)C)cnn1-c1ccccn1. The van der Waals surface area contributed by atoms with E-state index in [2.05, 4.69) is 29.2 Å². The van der Waals surface area contributed by atoms with Crippen molar-refractivity contribution in [1.29, 1.82) is 0 Å². The lowest BCUT2D eigenvalue weighted by atomic mass is 10.1. The largest absolute Gasteiger partial charge is 0.352 e. The van der Waals surface area contributed by atoms with Crippen LogP contribution in [0.25, 0.3) is 5.82 Å². The Hall–Kier alpha value is -2.17. The van der Waals surface area contributed by atoms with Crippen molar-refractivity contribution in [2.45, 2.75) is 27.2 Å². The number of amides is 1. The molecule has 2 heterocycles. The molecule has 20 heavy (non-hydrogen) atoms. The second-order valence-electron chi connectivity index (χ2n) is 5.18. The van der Waals surface area contributed by atoms with E-state index in [4.69, 9.17) is 0 Å². The molecule has 0 aliphatic carbocycles. The molecule has 0 aromatic carbocycles. The molecule has 0 bridgehead atoms. The molecular formula is C15H20N4O. The van der Waals surface area contributed by atoms with Crippen molar-refractivity contribution in [2.24, 2.45) is 5.92 Å². The number of carbonyl (C=O) groups is 1. The van der Waals surface area contributed by atoms with E-state index in [-0.39, 0.29) is 5.91 Å². The second-order valence-corrected chi connectivity index (χ2v) is 5.18. The summed E-state index contributed by atoms with van der Waals surface area (Å²) in [5.41, 5.74) is 1.39. The summed E-state index contributed by atoms with van der Waals surface area (Å²) in [6.45, 7) is 6.83. The Balaban J connectivity index is 2.11. The maximum absolute atomic E-state index is 12.1. The third-order valence-corrected chi connectivity index (χ3v) is 3.13. The van der Waals surface area contributed by atoms with Crippen molar-refractivity contribution in [3.63, 3.8) is 0 Å². The first-order valence-corrected chi connectivity index (χ1v) is 6.84. The van der Waals surface area contributed by atoms with E-state index in [1.807, 2.05) is 25.1 Å². The van der Waals surface area contributed by atoms with Gasteiger partial charge in [0, 0.05) is 12.7 Å². The topological polar surface area (TPSA) is 59.8 Å². The van der Waals surface area contributed by atoms with Crippen LogP contribution < -0.4 is 5.32 Å². The summed E-state index contributed by atoms with van der Waals surface area (Å²) < 4.78 is 1.68. The molecule has 5 heteroatoms. The van der Waals surface area contributed by atoms with E-state index >= 15 is 0 Å². The summed E-state index contributed by atoms with van der Waals surface area (Å²) in [7, 11) is 0. The van der Waals surface area contributed by atoms with Gasteiger partial charge in [0.2, 0.25) is 0 Å². The van der Waals surface area contributed by atoms with Crippen LogP contribution in [0, 0.1) is 12.8 Å². The standard InChI is InChI=1S/C15H20N4O/c1-11(2)7-9-17-15(20)13-10-18-19(12(13)3)14-6-4-5-8-16-14/h4-6,8,10-11H,7,9H2,1-3H3,(H,17,20). The van der Waals surface area contributed by atoms with Gasteiger partial charge in [0.1, 0.15) is 0 Å². The van der Waals surface area contributed by atoms with Gasteiger partial charge in [-0.3, -0.25) is 4.79 Å². The first-order valence-electron chi connectivity index (χ1n) is 6.84. The van der Waals surface area contributed by atoms with Gasteiger partial charge in [-0.15, -0.1) is 0 Å². The van der Waals surface area contributed by atoms with Crippen LogP contribution in [0.3, 0.4) is 0 Å². The first-order chi connectivity index (χ1) is 9.59. The van der Waals surface area contributed by atoms with E-state index in [0.29, 0.717) is 23.8 Å². The number of nitrogens with one attached hydrogen (secondary N) is 1. The van der Waals surface area contributed by atoms with Gasteiger partial charge in [0.25, 0.3) is 5.91 Å². The van der Waals surface area contributed by atoms with Crippen LogP contribution in [0.1, 0.15) is 36.3 Å². The quantitative estimate of drug-likeness (QED) is 0.909. The number of aromatic nitrogens is 3. The van der Waals surface area contributed by atoms with Crippen molar-refractivity contribution in [2.75, 3.05) is 6.54 Å². The normalized spacial score (nSPS) is 10.8. The maximum Gasteiger partial charge on any atom is 0.254 e. The number of hydrogen-bond donors (Lipinski definition) is 1. The highest BCUT2D eigenvalue weighted by Gasteiger charge is 2.15. The zero-order valence-corrected chi connectivity index (χ0v) is 12.1. The lowest BCUT2D eigenvalue weighted by Gasteiger charge is -2.07. The lowest BCUT2D eigenvalue weighted by Crippen LogP contribution is -2.25. The molecule has 2 aromatic rings. The van der Waals surface area contributed by atoms with Gasteiger partial charge in [0.05, 0.1) is 17.5 Å². The summed E-state index contributed by atoms with van der Waals surface area (Å²) >= 11 is 0. The molecule has 1 N–H and O–H groups in total. The number of carbonyl (C=O) groups excluding carboxylic acids is 1. The Kier molecular flexibility index (Phi) is 4.50. The smallest absolute Gasteiger partial charge is 0.254 e. The van der Waals surface area contributed by atoms with Gasteiger partial charge in [-0.25, -0.2) is 9.67 Å². The molecule has 0 radical (unpaired) electrons. The zero-order chi connectivity index (χ0) is 14.5. The van der Waals surface area contributed by atoms with Crippen LogP contribution in [0.4, 0.5) is 0 Å². The summed E-state index contributed by atoms with van der Waals surface area (Å²) in [4.78, 5) is 16.3. The molecule has 1 amide bonds. The third-order valence-electron chi connectivity index (χ3n) is 3.13. The van der Waals surface area contributed by atoms with Crippen LogP contribution in [0.15, 0.2) is 30.6 Å². The highest BCUT2D eigenvalue weighted by Crippen LogP contribution is 2.12. The molecule has 0 atom stereocenters. The van der Waals surface area contributed by atoms with E-state index in [9.17, 15) is 4.79 Å². The Bertz CT molecular complexity index is 575. The third kappa shape index (κ3) is 3.23. The molecule has 106 valence electrons. The minimum atomic E-state index is -0.0784. The molecular weight excluding hydrogens is 252 g/mol. The van der Waals surface area contributed by atoms with Gasteiger partial charge in [-0.1, -0.05) is 19.9 Å². The fourth-order valence-corrected chi connectivity index (χ4v) is 1.91. The predicted molar refractivity (Wildman–Crippen MR) is 77.9 cm³/mol. The van der Waals surface area contributed by atoms with Crippen molar-refractivity contribution < 1.29 is 4.79 Å². The van der Waals surface area contributed by atoms with Crippen LogP contribution in [-0.4, -0.2) is 27.2 Å². The summed E-state index contributed by atoms with van der Waals surface area (Å²) in [6, 6.07) is 5.61. The van der Waals surface area contributed by atoms with E-state index in [0.717, 1.165) is 12.1 Å². The molecule has 0 fully saturated rings. The van der Waals surface area contributed by atoms with Crippen molar-refractivity contribution in [1.82, 2.24) is 20.1 Å². The molecule has 0 aliphatic heterocycles. The minimum Gasteiger partial charge on any atom is -0.352 e. The zero-order valence-electron chi connectivity index (χ0n) is 12.1. The van der Waals surface area contributed by atoms with Gasteiger partial charge in [0.15, 0.2) is 5.82 Å². The summed E-state index contributed by atoms with van der Waals surface area (Å²) in [5.74, 6) is 1.21. The number of nitrogens with zero attached hydrogens (tertiary/aromatic N) is 3. The fraction of sp³-hybridized carbons (Fsp3) is 0.400. The van der Waals surface area contributed by atoms with Crippen molar-refractivity contribution >= 4 is 5.91 Å². The molecule has 0 spiro atoms. The highest BCUT2D eigenvalue weighted by atomic mass is 16.1. The van der Waals surface area contributed by atoms with E-state index in [1.165, 1.54) is 0 Å².